The van der Waals surface area contributed by atoms with Gasteiger partial charge in [-0.3, -0.25) is 5.43 Å². The molecular formula is C18H13FN2O3. The van der Waals surface area contributed by atoms with Crippen LogP contribution >= 0.6 is 0 Å². The van der Waals surface area contributed by atoms with E-state index in [0.717, 1.165) is 0 Å². The van der Waals surface area contributed by atoms with Gasteiger partial charge in [0.15, 0.2) is 0 Å². The summed E-state index contributed by atoms with van der Waals surface area (Å²) >= 11 is 0. The fourth-order valence-corrected chi connectivity index (χ4v) is 2.09. The van der Waals surface area contributed by atoms with Crippen LogP contribution in [0, 0.1) is 5.82 Å². The summed E-state index contributed by atoms with van der Waals surface area (Å²) < 4.78 is 19.2. The number of rotatable bonds is 5. The molecule has 0 bridgehead atoms. The first kappa shape index (κ1) is 15.5. The Morgan fingerprint density at radius 3 is 2.54 bits per heavy atom. The van der Waals surface area contributed by atoms with Gasteiger partial charge in [-0.1, -0.05) is 12.1 Å². The Bertz CT molecular complexity index is 885. The van der Waals surface area contributed by atoms with Crippen LogP contribution in [-0.2, 0) is 0 Å². The molecule has 0 unspecified atom stereocenters. The largest absolute Gasteiger partial charge is 0.478 e. The summed E-state index contributed by atoms with van der Waals surface area (Å²) in [5.74, 6) is -0.462. The van der Waals surface area contributed by atoms with E-state index in [4.69, 9.17) is 9.52 Å². The van der Waals surface area contributed by atoms with Crippen LogP contribution in [-0.4, -0.2) is 17.3 Å². The van der Waals surface area contributed by atoms with Crippen LogP contribution in [0.15, 0.2) is 70.2 Å². The number of hydrazone groups is 1. The van der Waals surface area contributed by atoms with Crippen LogP contribution in [0.4, 0.5) is 10.1 Å². The highest BCUT2D eigenvalue weighted by atomic mass is 19.1. The molecule has 2 N–H and O–H groups in total. The minimum absolute atomic E-state index is 0.199. The van der Waals surface area contributed by atoms with Crippen molar-refractivity contribution in [3.05, 3.63) is 77.8 Å². The van der Waals surface area contributed by atoms with Crippen molar-refractivity contribution in [1.29, 1.82) is 0 Å². The first-order valence-corrected chi connectivity index (χ1v) is 7.10. The number of hydrogen-bond donors (Lipinski definition) is 2. The van der Waals surface area contributed by atoms with Crippen molar-refractivity contribution in [3.8, 4) is 11.3 Å². The van der Waals surface area contributed by atoms with Crippen LogP contribution < -0.4 is 5.43 Å². The Labute approximate surface area is 137 Å². The SMILES string of the molecule is O=C(O)c1ccc(NN=Cc2ccc(-c3ccccc3F)o2)cc1. The Morgan fingerprint density at radius 2 is 1.83 bits per heavy atom. The molecule has 0 aliphatic carbocycles. The molecule has 5 nitrogen and oxygen atoms in total. The summed E-state index contributed by atoms with van der Waals surface area (Å²) in [6.45, 7) is 0. The smallest absolute Gasteiger partial charge is 0.335 e. The third-order valence-electron chi connectivity index (χ3n) is 3.28. The summed E-state index contributed by atoms with van der Waals surface area (Å²) in [6, 6.07) is 15.9. The zero-order valence-corrected chi connectivity index (χ0v) is 12.4. The molecule has 3 aromatic rings. The van der Waals surface area contributed by atoms with E-state index in [9.17, 15) is 9.18 Å². The minimum Gasteiger partial charge on any atom is -0.478 e. The third kappa shape index (κ3) is 3.49. The van der Waals surface area contributed by atoms with Gasteiger partial charge in [-0.05, 0) is 48.5 Å². The van der Waals surface area contributed by atoms with Gasteiger partial charge in [-0.25, -0.2) is 9.18 Å². The average Bonchev–Trinajstić information content (AvgIpc) is 3.04. The molecule has 1 heterocycles. The molecule has 24 heavy (non-hydrogen) atoms. The highest BCUT2D eigenvalue weighted by Gasteiger charge is 2.08. The van der Waals surface area contributed by atoms with Crippen molar-refractivity contribution in [2.24, 2.45) is 5.10 Å². The molecule has 0 radical (unpaired) electrons. The molecule has 0 saturated heterocycles. The second-order valence-electron chi connectivity index (χ2n) is 4.93. The van der Waals surface area contributed by atoms with Crippen molar-refractivity contribution in [1.82, 2.24) is 0 Å². The number of hydrogen-bond acceptors (Lipinski definition) is 4. The molecule has 0 amide bonds. The fourth-order valence-electron chi connectivity index (χ4n) is 2.09. The molecule has 1 aromatic heterocycles. The molecule has 0 saturated carbocycles. The third-order valence-corrected chi connectivity index (χ3v) is 3.28. The zero-order valence-electron chi connectivity index (χ0n) is 12.4. The monoisotopic (exact) mass is 324 g/mol. The number of benzene rings is 2. The lowest BCUT2D eigenvalue weighted by atomic mass is 10.1. The predicted octanol–water partition coefficient (Wildman–Crippen LogP) is 4.23. The van der Waals surface area contributed by atoms with Gasteiger partial charge in [-0.15, -0.1) is 0 Å². The van der Waals surface area contributed by atoms with Gasteiger partial charge in [0.25, 0.3) is 0 Å². The number of furan rings is 1. The van der Waals surface area contributed by atoms with E-state index in [1.165, 1.54) is 24.4 Å². The zero-order chi connectivity index (χ0) is 16.9. The molecule has 0 aliphatic rings. The maximum Gasteiger partial charge on any atom is 0.335 e. The van der Waals surface area contributed by atoms with E-state index < -0.39 is 5.97 Å². The van der Waals surface area contributed by atoms with Gasteiger partial charge in [-0.2, -0.15) is 5.10 Å². The van der Waals surface area contributed by atoms with E-state index in [1.807, 2.05) is 0 Å². The Kier molecular flexibility index (Phi) is 4.38. The first-order chi connectivity index (χ1) is 11.6. The average molecular weight is 324 g/mol. The van der Waals surface area contributed by atoms with E-state index in [1.54, 1.807) is 42.5 Å². The van der Waals surface area contributed by atoms with Gasteiger partial charge >= 0.3 is 5.97 Å². The lowest BCUT2D eigenvalue weighted by Gasteiger charge is -2.00. The standard InChI is InChI=1S/C18H13FN2O3/c19-16-4-2-1-3-15(16)17-10-9-14(24-17)11-20-21-13-7-5-12(6-8-13)18(22)23/h1-11,21H,(H,22,23). The molecule has 0 fully saturated rings. The normalized spacial score (nSPS) is 10.9. The molecule has 0 aliphatic heterocycles. The summed E-state index contributed by atoms with van der Waals surface area (Å²) in [7, 11) is 0. The molecule has 6 heteroatoms. The topological polar surface area (TPSA) is 74.8 Å². The number of carboxylic acid groups (broad SMARTS) is 1. The van der Waals surface area contributed by atoms with Crippen molar-refractivity contribution in [2.75, 3.05) is 5.43 Å². The van der Waals surface area contributed by atoms with E-state index in [2.05, 4.69) is 10.5 Å². The van der Waals surface area contributed by atoms with Gasteiger partial charge in [0.05, 0.1) is 23.0 Å². The lowest BCUT2D eigenvalue weighted by molar-refractivity contribution is 0.0697. The maximum absolute atomic E-state index is 13.7. The highest BCUT2D eigenvalue weighted by molar-refractivity contribution is 5.88. The van der Waals surface area contributed by atoms with Gasteiger partial charge in [0.2, 0.25) is 0 Å². The first-order valence-electron chi connectivity index (χ1n) is 7.10. The van der Waals surface area contributed by atoms with Crippen molar-refractivity contribution in [3.63, 3.8) is 0 Å². The minimum atomic E-state index is -0.985. The fraction of sp³-hybridized carbons (Fsp3) is 0. The van der Waals surface area contributed by atoms with Gasteiger partial charge in [0, 0.05) is 0 Å². The number of carboxylic acids is 1. The summed E-state index contributed by atoms with van der Waals surface area (Å²) in [6.07, 6.45) is 1.45. The van der Waals surface area contributed by atoms with Gasteiger partial charge < -0.3 is 9.52 Å². The van der Waals surface area contributed by atoms with E-state index in [-0.39, 0.29) is 11.4 Å². The van der Waals surface area contributed by atoms with Crippen LogP contribution in [0.2, 0.25) is 0 Å². The number of carbonyl (C=O) groups is 1. The Balaban J connectivity index is 1.67. The van der Waals surface area contributed by atoms with Crippen molar-refractivity contribution < 1.29 is 18.7 Å². The van der Waals surface area contributed by atoms with Crippen LogP contribution in [0.5, 0.6) is 0 Å². The molecule has 2 aromatic carbocycles. The number of aromatic carboxylic acids is 1. The second kappa shape index (κ2) is 6.78. The summed E-state index contributed by atoms with van der Waals surface area (Å²) in [5.41, 5.74) is 3.98. The summed E-state index contributed by atoms with van der Waals surface area (Å²) in [4.78, 5) is 10.8. The molecule has 0 atom stereocenters. The van der Waals surface area contributed by atoms with Crippen LogP contribution in [0.25, 0.3) is 11.3 Å². The van der Waals surface area contributed by atoms with Crippen LogP contribution in [0.1, 0.15) is 16.1 Å². The Morgan fingerprint density at radius 1 is 1.08 bits per heavy atom. The number of nitrogens with one attached hydrogen (secondary N) is 1. The predicted molar refractivity (Wildman–Crippen MR) is 88.7 cm³/mol. The summed E-state index contributed by atoms with van der Waals surface area (Å²) in [5, 5.41) is 12.8. The van der Waals surface area contributed by atoms with Gasteiger partial charge in [0.1, 0.15) is 17.3 Å². The molecular weight excluding hydrogens is 311 g/mol. The number of halogens is 1. The van der Waals surface area contributed by atoms with Crippen LogP contribution in [0.3, 0.4) is 0 Å². The Hall–Kier alpha value is -3.41. The highest BCUT2D eigenvalue weighted by Crippen LogP contribution is 2.24. The maximum atomic E-state index is 13.7. The van der Waals surface area contributed by atoms with E-state index >= 15 is 0 Å². The van der Waals surface area contributed by atoms with Crippen molar-refractivity contribution >= 4 is 17.9 Å². The number of nitrogens with zero attached hydrogens (tertiary/aromatic N) is 1. The number of anilines is 1. The van der Waals surface area contributed by atoms with E-state index in [0.29, 0.717) is 22.8 Å². The second-order valence-corrected chi connectivity index (χ2v) is 4.93. The molecule has 120 valence electrons. The molecule has 3 rings (SSSR count). The van der Waals surface area contributed by atoms with Crippen molar-refractivity contribution in [2.45, 2.75) is 0 Å². The molecule has 0 spiro atoms. The quantitative estimate of drug-likeness (QED) is 0.544. The lowest BCUT2D eigenvalue weighted by Crippen LogP contribution is -1.96.